The number of nitrogens with zero attached hydrogens (tertiary/aromatic N) is 1. The van der Waals surface area contributed by atoms with Crippen molar-refractivity contribution in [2.45, 2.75) is 50.0 Å². The van der Waals surface area contributed by atoms with Crippen molar-refractivity contribution in [1.29, 1.82) is 0 Å². The molecule has 2 aliphatic rings. The van der Waals surface area contributed by atoms with E-state index in [1.54, 1.807) is 24.3 Å². The minimum Gasteiger partial charge on any atom is -0.456 e. The highest BCUT2D eigenvalue weighted by atomic mass is 35.5. The Morgan fingerprint density at radius 1 is 1.35 bits per heavy atom. The van der Waals surface area contributed by atoms with Crippen LogP contribution in [0, 0.1) is 0 Å². The first-order valence-corrected chi connectivity index (χ1v) is 13.6. The standard InChI is InChI=1S/C22H24Cl2FN2O9P/c1-22(25)19(35-18(29)5-8-23)16(34-20(22)27-9-6-17(28)26-21(27)30)12-33-37(31)32-10-7-15(36-37)13-3-2-4-14(24)11-13/h2-4,6,9,11,15-16,19-20H,5,7-8,10,12H2,1H3,(H,26,28,30)/t15?,16-,19-,20-,22-,37?/m1/s1. The van der Waals surface area contributed by atoms with Crippen LogP contribution in [0.5, 0.6) is 0 Å². The minimum absolute atomic E-state index is 0.0460. The molecule has 0 bridgehead atoms. The summed E-state index contributed by atoms with van der Waals surface area (Å²) in [5, 5.41) is 0.468. The Hall–Kier alpha value is -2.05. The normalized spacial score (nSPS) is 31.8. The Balaban J connectivity index is 1.55. The van der Waals surface area contributed by atoms with Gasteiger partial charge in [-0.25, -0.2) is 13.8 Å². The summed E-state index contributed by atoms with van der Waals surface area (Å²) in [5.41, 5.74) is -3.43. The molecule has 2 saturated heterocycles. The number of hydrogen-bond donors (Lipinski definition) is 1. The van der Waals surface area contributed by atoms with Gasteiger partial charge in [0.05, 0.1) is 25.7 Å². The van der Waals surface area contributed by atoms with Crippen LogP contribution in [0.3, 0.4) is 0 Å². The van der Waals surface area contributed by atoms with E-state index in [4.69, 9.17) is 46.2 Å². The lowest BCUT2D eigenvalue weighted by Crippen LogP contribution is -2.46. The molecule has 0 amide bonds. The fourth-order valence-electron chi connectivity index (χ4n) is 4.10. The Labute approximate surface area is 220 Å². The second-order valence-corrected chi connectivity index (χ2v) is 11.0. The molecule has 15 heteroatoms. The first-order chi connectivity index (χ1) is 17.5. The summed E-state index contributed by atoms with van der Waals surface area (Å²) >= 11 is 11.6. The van der Waals surface area contributed by atoms with Gasteiger partial charge < -0.3 is 9.47 Å². The van der Waals surface area contributed by atoms with E-state index in [0.717, 1.165) is 23.8 Å². The predicted molar refractivity (Wildman–Crippen MR) is 129 cm³/mol. The van der Waals surface area contributed by atoms with Gasteiger partial charge in [0.25, 0.3) is 5.56 Å². The highest BCUT2D eigenvalue weighted by Crippen LogP contribution is 2.57. The summed E-state index contributed by atoms with van der Waals surface area (Å²) in [4.78, 5) is 38.0. The number of benzene rings is 1. The molecule has 4 rings (SSSR count). The van der Waals surface area contributed by atoms with Crippen molar-refractivity contribution in [3.05, 3.63) is 68.0 Å². The quantitative estimate of drug-likeness (QED) is 0.282. The van der Waals surface area contributed by atoms with Crippen molar-refractivity contribution in [2.75, 3.05) is 19.1 Å². The maximum atomic E-state index is 16.1. The van der Waals surface area contributed by atoms with E-state index in [0.29, 0.717) is 17.0 Å². The van der Waals surface area contributed by atoms with E-state index >= 15 is 4.39 Å². The monoisotopic (exact) mass is 580 g/mol. The molecular formula is C22H24Cl2FN2O9P. The van der Waals surface area contributed by atoms with Crippen molar-refractivity contribution < 1.29 is 36.8 Å². The van der Waals surface area contributed by atoms with Gasteiger partial charge in [-0.2, -0.15) is 0 Å². The third kappa shape index (κ3) is 6.34. The fourth-order valence-corrected chi connectivity index (χ4v) is 5.84. The van der Waals surface area contributed by atoms with Crippen molar-refractivity contribution in [3.8, 4) is 0 Å². The summed E-state index contributed by atoms with van der Waals surface area (Å²) < 4.78 is 57.4. The number of ether oxygens (including phenoxy) is 2. The third-order valence-corrected chi connectivity index (χ3v) is 7.75. The first-order valence-electron chi connectivity index (χ1n) is 11.3. The van der Waals surface area contributed by atoms with Crippen LogP contribution < -0.4 is 11.2 Å². The van der Waals surface area contributed by atoms with Crippen LogP contribution in [-0.2, 0) is 32.4 Å². The van der Waals surface area contributed by atoms with Crippen LogP contribution in [0.1, 0.15) is 37.7 Å². The zero-order chi connectivity index (χ0) is 26.8. The number of aromatic amines is 1. The van der Waals surface area contributed by atoms with Crippen LogP contribution in [0.25, 0.3) is 0 Å². The number of phosphoric acid groups is 1. The Bertz CT molecular complexity index is 1300. The van der Waals surface area contributed by atoms with Crippen molar-refractivity contribution in [2.24, 2.45) is 0 Å². The molecule has 6 atom stereocenters. The molecule has 2 aromatic rings. The molecule has 2 fully saturated rings. The zero-order valence-corrected chi connectivity index (χ0v) is 21.9. The van der Waals surface area contributed by atoms with Crippen molar-refractivity contribution in [3.63, 3.8) is 0 Å². The molecule has 1 aromatic carbocycles. The van der Waals surface area contributed by atoms with E-state index in [9.17, 15) is 18.9 Å². The van der Waals surface area contributed by atoms with Gasteiger partial charge in [0.15, 0.2) is 18.0 Å². The number of rotatable bonds is 8. The molecule has 3 heterocycles. The van der Waals surface area contributed by atoms with Gasteiger partial charge >= 0.3 is 19.5 Å². The van der Waals surface area contributed by atoms with Crippen LogP contribution >= 0.6 is 31.0 Å². The maximum absolute atomic E-state index is 16.1. The number of carbonyl (C=O) groups excluding carboxylic acids is 1. The molecule has 202 valence electrons. The van der Waals surface area contributed by atoms with Gasteiger partial charge in [-0.3, -0.25) is 32.7 Å². The van der Waals surface area contributed by atoms with Crippen molar-refractivity contribution in [1.82, 2.24) is 9.55 Å². The SMILES string of the molecule is C[C@@]1(F)[C@H](OC(=O)CCCl)[C@@H](COP2(=O)OCCC(c3cccc(Cl)c3)O2)O[C@H]1n1ccc(=O)[nH]c1=O. The molecule has 37 heavy (non-hydrogen) atoms. The van der Waals surface area contributed by atoms with Gasteiger partial charge in [-0.05, 0) is 24.6 Å². The number of aromatic nitrogens is 2. The van der Waals surface area contributed by atoms with E-state index in [2.05, 4.69) is 0 Å². The predicted octanol–water partition coefficient (Wildman–Crippen LogP) is 3.66. The minimum atomic E-state index is -4.15. The second kappa shape index (κ2) is 11.4. The summed E-state index contributed by atoms with van der Waals surface area (Å²) in [5.74, 6) is -0.883. The van der Waals surface area contributed by atoms with Gasteiger partial charge in [-0.1, -0.05) is 23.7 Å². The molecule has 0 radical (unpaired) electrons. The average Bonchev–Trinajstić information content (AvgIpc) is 3.07. The average molecular weight is 581 g/mol. The fraction of sp³-hybridized carbons (Fsp3) is 0.500. The molecule has 2 aliphatic heterocycles. The smallest absolute Gasteiger partial charge is 0.456 e. The Morgan fingerprint density at radius 3 is 2.84 bits per heavy atom. The van der Waals surface area contributed by atoms with Gasteiger partial charge in [0.1, 0.15) is 6.10 Å². The highest BCUT2D eigenvalue weighted by Gasteiger charge is 2.58. The molecule has 2 unspecified atom stereocenters. The number of halogens is 3. The van der Waals surface area contributed by atoms with Crippen LogP contribution in [0.2, 0.25) is 5.02 Å². The Kier molecular flexibility index (Phi) is 8.59. The Morgan fingerprint density at radius 2 is 2.14 bits per heavy atom. The number of hydrogen-bond acceptors (Lipinski definition) is 9. The number of nitrogens with one attached hydrogen (secondary N) is 1. The van der Waals surface area contributed by atoms with E-state index in [1.807, 2.05) is 4.98 Å². The lowest BCUT2D eigenvalue weighted by atomic mass is 9.98. The van der Waals surface area contributed by atoms with E-state index in [1.165, 1.54) is 0 Å². The van der Waals surface area contributed by atoms with Gasteiger partial charge in [-0.15, -0.1) is 11.6 Å². The number of H-pyrrole nitrogens is 1. The highest BCUT2D eigenvalue weighted by molar-refractivity contribution is 7.48. The number of esters is 1. The molecular weight excluding hydrogens is 557 g/mol. The molecule has 11 nitrogen and oxygen atoms in total. The van der Waals surface area contributed by atoms with Gasteiger partial charge in [0, 0.05) is 29.6 Å². The number of alkyl halides is 2. The summed E-state index contributed by atoms with van der Waals surface area (Å²) in [6.45, 7) is 0.537. The topological polar surface area (TPSA) is 135 Å². The van der Waals surface area contributed by atoms with Gasteiger partial charge in [0.2, 0.25) is 0 Å². The van der Waals surface area contributed by atoms with Crippen LogP contribution in [-0.4, -0.2) is 52.5 Å². The lowest BCUT2D eigenvalue weighted by Gasteiger charge is -2.30. The number of phosphoric ester groups is 1. The second-order valence-electron chi connectivity index (χ2n) is 8.56. The molecule has 0 saturated carbocycles. The molecule has 1 N–H and O–H groups in total. The molecule has 0 aliphatic carbocycles. The number of carbonyl (C=O) groups is 1. The van der Waals surface area contributed by atoms with Crippen LogP contribution in [0.4, 0.5) is 4.39 Å². The molecule has 0 spiro atoms. The summed E-state index contributed by atoms with van der Waals surface area (Å²) in [6, 6.07) is 7.82. The lowest BCUT2D eigenvalue weighted by molar-refractivity contribution is -0.157. The largest absolute Gasteiger partial charge is 0.475 e. The zero-order valence-electron chi connectivity index (χ0n) is 19.5. The third-order valence-electron chi connectivity index (χ3n) is 5.84. The van der Waals surface area contributed by atoms with Crippen molar-refractivity contribution >= 4 is 37.0 Å². The van der Waals surface area contributed by atoms with E-state index < -0.39 is 61.9 Å². The molecule has 1 aromatic heterocycles. The van der Waals surface area contributed by atoms with E-state index in [-0.39, 0.29) is 18.9 Å². The first kappa shape index (κ1) is 28.0. The summed E-state index contributed by atoms with van der Waals surface area (Å²) in [6.07, 6.45) is -3.96. The summed E-state index contributed by atoms with van der Waals surface area (Å²) in [7, 11) is -4.15. The maximum Gasteiger partial charge on any atom is 0.475 e. The van der Waals surface area contributed by atoms with Crippen LogP contribution in [0.15, 0.2) is 46.1 Å².